The van der Waals surface area contributed by atoms with E-state index in [2.05, 4.69) is 26.5 Å². The lowest BCUT2D eigenvalue weighted by molar-refractivity contribution is 0.373. The van der Waals surface area contributed by atoms with Gasteiger partial charge in [-0.25, -0.2) is 8.78 Å². The normalized spacial score (nSPS) is 13.7. The van der Waals surface area contributed by atoms with Crippen molar-refractivity contribution >= 4 is 0 Å². The SMILES string of the molecule is C=CC(CCC)CCCC(CCC)CCCc1ccc(F)c(F)c1. The predicted octanol–water partition coefficient (Wildman–Crippen LogP) is 7.48. The molecule has 0 nitrogen and oxygen atoms in total. The van der Waals surface area contributed by atoms with Gasteiger partial charge in [0.2, 0.25) is 0 Å². The highest BCUT2D eigenvalue weighted by Crippen LogP contribution is 2.24. The highest BCUT2D eigenvalue weighted by Gasteiger charge is 2.10. The Hall–Kier alpha value is -1.18. The van der Waals surface area contributed by atoms with Crippen molar-refractivity contribution in [2.24, 2.45) is 11.8 Å². The second-order valence-corrected chi connectivity index (χ2v) is 7.01. The van der Waals surface area contributed by atoms with Crippen molar-refractivity contribution < 1.29 is 8.78 Å². The maximum atomic E-state index is 13.2. The van der Waals surface area contributed by atoms with Crippen molar-refractivity contribution in [3.8, 4) is 0 Å². The van der Waals surface area contributed by atoms with E-state index in [9.17, 15) is 8.78 Å². The van der Waals surface area contributed by atoms with Gasteiger partial charge in [0, 0.05) is 0 Å². The molecule has 0 fully saturated rings. The van der Waals surface area contributed by atoms with Crippen LogP contribution >= 0.6 is 0 Å². The molecule has 0 saturated carbocycles. The maximum absolute atomic E-state index is 13.2. The number of benzene rings is 1. The highest BCUT2D eigenvalue weighted by atomic mass is 19.2. The van der Waals surface area contributed by atoms with Gasteiger partial charge in [0.25, 0.3) is 0 Å². The molecule has 2 atom stereocenters. The fourth-order valence-electron chi connectivity index (χ4n) is 3.55. The van der Waals surface area contributed by atoms with E-state index in [1.807, 2.05) is 0 Å². The maximum Gasteiger partial charge on any atom is 0.159 e. The van der Waals surface area contributed by atoms with E-state index in [-0.39, 0.29) is 0 Å². The summed E-state index contributed by atoms with van der Waals surface area (Å²) < 4.78 is 26.2. The lowest BCUT2D eigenvalue weighted by atomic mass is 9.88. The molecule has 0 spiro atoms. The number of aryl methyl sites for hydroxylation is 1. The number of allylic oxidation sites excluding steroid dienone is 1. The van der Waals surface area contributed by atoms with E-state index in [1.165, 1.54) is 63.5 Å². The minimum Gasteiger partial charge on any atom is -0.204 e. The molecule has 24 heavy (non-hydrogen) atoms. The molecule has 2 unspecified atom stereocenters. The Labute approximate surface area is 147 Å². The summed E-state index contributed by atoms with van der Waals surface area (Å²) in [5.74, 6) is -0.0673. The summed E-state index contributed by atoms with van der Waals surface area (Å²) in [4.78, 5) is 0. The Morgan fingerprint density at radius 2 is 1.62 bits per heavy atom. The molecule has 2 heteroatoms. The average Bonchev–Trinajstić information content (AvgIpc) is 2.57. The molecule has 1 rings (SSSR count). The lowest BCUT2D eigenvalue weighted by Crippen LogP contribution is -2.04. The summed E-state index contributed by atoms with van der Waals surface area (Å²) in [5.41, 5.74) is 0.902. The summed E-state index contributed by atoms with van der Waals surface area (Å²) in [5, 5.41) is 0. The molecule has 0 saturated heterocycles. The van der Waals surface area contributed by atoms with Gasteiger partial charge in [-0.05, 0) is 55.2 Å². The molecule has 1 aromatic carbocycles. The second-order valence-electron chi connectivity index (χ2n) is 7.01. The molecule has 0 N–H and O–H groups in total. The van der Waals surface area contributed by atoms with Crippen LogP contribution in [0.5, 0.6) is 0 Å². The van der Waals surface area contributed by atoms with Crippen molar-refractivity contribution in [3.63, 3.8) is 0 Å². The van der Waals surface area contributed by atoms with Crippen LogP contribution in [0, 0.1) is 23.5 Å². The van der Waals surface area contributed by atoms with Crippen molar-refractivity contribution in [3.05, 3.63) is 48.1 Å². The van der Waals surface area contributed by atoms with Gasteiger partial charge < -0.3 is 0 Å². The topological polar surface area (TPSA) is 0 Å². The van der Waals surface area contributed by atoms with E-state index in [0.29, 0.717) is 5.92 Å². The Bertz CT molecular complexity index is 467. The van der Waals surface area contributed by atoms with Gasteiger partial charge in [0.1, 0.15) is 0 Å². The van der Waals surface area contributed by atoms with Crippen molar-refractivity contribution in [1.82, 2.24) is 0 Å². The third-order valence-electron chi connectivity index (χ3n) is 4.94. The van der Waals surface area contributed by atoms with Crippen LogP contribution in [0.1, 0.15) is 77.2 Å². The molecule has 1 aromatic rings. The lowest BCUT2D eigenvalue weighted by Gasteiger charge is -2.18. The van der Waals surface area contributed by atoms with Gasteiger partial charge in [-0.3, -0.25) is 0 Å². The summed E-state index contributed by atoms with van der Waals surface area (Å²) in [6.07, 6.45) is 13.9. The molecule has 0 heterocycles. The quantitative estimate of drug-likeness (QED) is 0.328. The molecular weight excluding hydrogens is 302 g/mol. The summed E-state index contributed by atoms with van der Waals surface area (Å²) in [6.45, 7) is 8.43. The number of hydrogen-bond acceptors (Lipinski definition) is 0. The molecule has 0 aliphatic carbocycles. The van der Waals surface area contributed by atoms with E-state index >= 15 is 0 Å². The smallest absolute Gasteiger partial charge is 0.159 e. The standard InChI is InChI=1S/C22H34F2/c1-4-9-18(6-3)11-7-12-19(10-5-2)13-8-14-20-15-16-21(23)22(24)17-20/h6,15-19H,3-5,7-14H2,1-2H3. The van der Waals surface area contributed by atoms with E-state index in [1.54, 1.807) is 6.07 Å². The van der Waals surface area contributed by atoms with Crippen molar-refractivity contribution in [1.29, 1.82) is 0 Å². The Kier molecular flexibility index (Phi) is 10.6. The summed E-state index contributed by atoms with van der Waals surface area (Å²) >= 11 is 0. The first kappa shape index (κ1) is 20.9. The third kappa shape index (κ3) is 8.08. The van der Waals surface area contributed by atoms with Crippen LogP contribution in [0.15, 0.2) is 30.9 Å². The number of halogens is 2. The first-order chi connectivity index (χ1) is 11.6. The molecule has 0 aromatic heterocycles. The first-order valence-corrected chi connectivity index (χ1v) is 9.67. The zero-order valence-corrected chi connectivity index (χ0v) is 15.5. The predicted molar refractivity (Wildman–Crippen MR) is 100 cm³/mol. The van der Waals surface area contributed by atoms with Crippen LogP contribution < -0.4 is 0 Å². The van der Waals surface area contributed by atoms with E-state index in [4.69, 9.17) is 0 Å². The molecule has 0 aliphatic rings. The van der Waals surface area contributed by atoms with Crippen LogP contribution in [0.2, 0.25) is 0 Å². The van der Waals surface area contributed by atoms with Crippen LogP contribution in [0.4, 0.5) is 8.78 Å². The van der Waals surface area contributed by atoms with Gasteiger partial charge in [-0.2, -0.15) is 0 Å². The Balaban J connectivity index is 2.34. The van der Waals surface area contributed by atoms with Gasteiger partial charge in [0.05, 0.1) is 0 Å². The second kappa shape index (κ2) is 12.2. The summed E-state index contributed by atoms with van der Waals surface area (Å²) in [7, 11) is 0. The van der Waals surface area contributed by atoms with Crippen molar-refractivity contribution in [2.45, 2.75) is 78.1 Å². The van der Waals surface area contributed by atoms with Gasteiger partial charge in [-0.1, -0.05) is 64.5 Å². The fourth-order valence-corrected chi connectivity index (χ4v) is 3.55. The van der Waals surface area contributed by atoms with Crippen LogP contribution in [-0.4, -0.2) is 0 Å². The zero-order valence-electron chi connectivity index (χ0n) is 15.5. The largest absolute Gasteiger partial charge is 0.204 e. The monoisotopic (exact) mass is 336 g/mol. The molecular formula is C22H34F2. The molecule has 0 bridgehead atoms. The number of hydrogen-bond donors (Lipinski definition) is 0. The van der Waals surface area contributed by atoms with Crippen LogP contribution in [-0.2, 0) is 6.42 Å². The average molecular weight is 337 g/mol. The molecule has 136 valence electrons. The fraction of sp³-hybridized carbons (Fsp3) is 0.636. The third-order valence-corrected chi connectivity index (χ3v) is 4.94. The van der Waals surface area contributed by atoms with E-state index < -0.39 is 11.6 Å². The minimum atomic E-state index is -0.758. The number of rotatable bonds is 13. The van der Waals surface area contributed by atoms with Crippen LogP contribution in [0.25, 0.3) is 0 Å². The van der Waals surface area contributed by atoms with Crippen LogP contribution in [0.3, 0.4) is 0 Å². The summed E-state index contributed by atoms with van der Waals surface area (Å²) in [6, 6.07) is 4.27. The van der Waals surface area contributed by atoms with Gasteiger partial charge in [0.15, 0.2) is 11.6 Å². The molecule has 0 amide bonds. The molecule has 0 radical (unpaired) electrons. The Morgan fingerprint density at radius 1 is 0.917 bits per heavy atom. The highest BCUT2D eigenvalue weighted by molar-refractivity contribution is 5.17. The van der Waals surface area contributed by atoms with E-state index in [0.717, 1.165) is 24.3 Å². The minimum absolute atomic E-state index is 0.666. The van der Waals surface area contributed by atoms with Gasteiger partial charge in [-0.15, -0.1) is 6.58 Å². The Morgan fingerprint density at radius 3 is 2.25 bits per heavy atom. The zero-order chi connectivity index (χ0) is 17.8. The van der Waals surface area contributed by atoms with Crippen molar-refractivity contribution in [2.75, 3.05) is 0 Å². The molecule has 0 aliphatic heterocycles. The first-order valence-electron chi connectivity index (χ1n) is 9.67. The van der Waals surface area contributed by atoms with Gasteiger partial charge >= 0.3 is 0 Å².